The lowest BCUT2D eigenvalue weighted by molar-refractivity contribution is -0.384. The molecule has 30 heavy (non-hydrogen) atoms. The van der Waals surface area contributed by atoms with Crippen LogP contribution < -0.4 is 10.2 Å². The molecule has 1 heterocycles. The fourth-order valence-corrected chi connectivity index (χ4v) is 3.34. The Kier molecular flexibility index (Phi) is 6.31. The zero-order chi connectivity index (χ0) is 21.8. The second-order valence-corrected chi connectivity index (χ2v) is 7.40. The first kappa shape index (κ1) is 21.3. The van der Waals surface area contributed by atoms with Crippen molar-refractivity contribution in [3.8, 4) is 11.4 Å². The van der Waals surface area contributed by atoms with Crippen molar-refractivity contribution in [1.29, 1.82) is 0 Å². The Morgan fingerprint density at radius 3 is 2.53 bits per heavy atom. The number of hydrazone groups is 1. The van der Waals surface area contributed by atoms with Crippen LogP contribution in [0.15, 0.2) is 58.1 Å². The predicted molar refractivity (Wildman–Crippen MR) is 118 cm³/mol. The summed E-state index contributed by atoms with van der Waals surface area (Å²) in [4.78, 5) is 22.8. The van der Waals surface area contributed by atoms with E-state index >= 15 is 0 Å². The average Bonchev–Trinajstić information content (AvgIpc) is 3.01. The molecule has 3 rings (SSSR count). The standard InChI is InChI=1S/C21H19BrN4O4/c1-13-10-16(12-23-24-21(27)15-4-6-17(22)7-5-15)14(2)25(13)19-9-8-18(26(28)29)11-20(19)30-3/h4-12H,1-3H3,(H,24,27)/b23-12-. The summed E-state index contributed by atoms with van der Waals surface area (Å²) in [5.74, 6) is 0.0719. The molecular formula is C21H19BrN4O4. The number of hydrogen-bond donors (Lipinski definition) is 1. The van der Waals surface area contributed by atoms with Crippen molar-refractivity contribution >= 4 is 33.7 Å². The Morgan fingerprint density at radius 1 is 1.20 bits per heavy atom. The molecule has 0 atom stereocenters. The van der Waals surface area contributed by atoms with Gasteiger partial charge in [-0.3, -0.25) is 14.9 Å². The van der Waals surface area contributed by atoms with Crippen molar-refractivity contribution in [2.45, 2.75) is 13.8 Å². The molecule has 3 aromatic rings. The molecule has 0 aliphatic rings. The monoisotopic (exact) mass is 470 g/mol. The van der Waals surface area contributed by atoms with Crippen molar-refractivity contribution in [3.63, 3.8) is 0 Å². The molecule has 0 aliphatic heterocycles. The number of ether oxygens (including phenoxy) is 1. The number of aromatic nitrogens is 1. The molecule has 2 aromatic carbocycles. The molecule has 1 amide bonds. The fraction of sp³-hybridized carbons (Fsp3) is 0.143. The van der Waals surface area contributed by atoms with Gasteiger partial charge in [-0.05, 0) is 50.2 Å². The minimum atomic E-state index is -0.464. The van der Waals surface area contributed by atoms with Crippen molar-refractivity contribution in [1.82, 2.24) is 9.99 Å². The molecule has 0 aliphatic carbocycles. The fourth-order valence-electron chi connectivity index (χ4n) is 3.08. The largest absolute Gasteiger partial charge is 0.494 e. The van der Waals surface area contributed by atoms with Crippen LogP contribution in [-0.2, 0) is 0 Å². The number of hydrogen-bond acceptors (Lipinski definition) is 5. The SMILES string of the molecule is COc1cc([N+](=O)[O-])ccc1-n1c(C)cc(/C=N\NC(=O)c2ccc(Br)cc2)c1C. The van der Waals surface area contributed by atoms with Crippen molar-refractivity contribution in [2.75, 3.05) is 7.11 Å². The van der Waals surface area contributed by atoms with Crippen molar-refractivity contribution in [2.24, 2.45) is 5.10 Å². The highest BCUT2D eigenvalue weighted by molar-refractivity contribution is 9.10. The van der Waals surface area contributed by atoms with Crippen LogP contribution in [0.25, 0.3) is 5.69 Å². The number of nitro groups is 1. The van der Waals surface area contributed by atoms with Crippen LogP contribution >= 0.6 is 15.9 Å². The number of amides is 1. The van der Waals surface area contributed by atoms with Gasteiger partial charge in [-0.15, -0.1) is 0 Å². The van der Waals surface area contributed by atoms with Crippen LogP contribution in [0.2, 0.25) is 0 Å². The van der Waals surface area contributed by atoms with Gasteiger partial charge in [0.25, 0.3) is 11.6 Å². The zero-order valence-electron chi connectivity index (χ0n) is 16.5. The van der Waals surface area contributed by atoms with E-state index in [1.807, 2.05) is 24.5 Å². The molecule has 0 radical (unpaired) electrons. The van der Waals surface area contributed by atoms with Gasteiger partial charge in [-0.25, -0.2) is 5.43 Å². The molecule has 0 bridgehead atoms. The minimum absolute atomic E-state index is 0.0458. The van der Waals surface area contributed by atoms with E-state index in [1.165, 1.54) is 19.2 Å². The van der Waals surface area contributed by atoms with Gasteiger partial charge in [0, 0.05) is 33.1 Å². The highest BCUT2D eigenvalue weighted by atomic mass is 79.9. The quantitative estimate of drug-likeness (QED) is 0.324. The van der Waals surface area contributed by atoms with E-state index in [9.17, 15) is 14.9 Å². The van der Waals surface area contributed by atoms with E-state index in [-0.39, 0.29) is 11.6 Å². The van der Waals surface area contributed by atoms with Crippen LogP contribution in [0.1, 0.15) is 27.3 Å². The van der Waals surface area contributed by atoms with E-state index in [0.29, 0.717) is 17.0 Å². The van der Waals surface area contributed by atoms with E-state index < -0.39 is 4.92 Å². The molecule has 0 saturated carbocycles. The third kappa shape index (κ3) is 4.41. The van der Waals surface area contributed by atoms with Gasteiger partial charge in [-0.2, -0.15) is 5.10 Å². The lowest BCUT2D eigenvalue weighted by atomic mass is 10.2. The molecular weight excluding hydrogens is 452 g/mol. The summed E-state index contributed by atoms with van der Waals surface area (Å²) in [6, 6.07) is 13.3. The Bertz CT molecular complexity index is 1140. The number of methoxy groups -OCH3 is 1. The highest BCUT2D eigenvalue weighted by Crippen LogP contribution is 2.31. The maximum absolute atomic E-state index is 12.2. The van der Waals surface area contributed by atoms with Gasteiger partial charge < -0.3 is 9.30 Å². The lowest BCUT2D eigenvalue weighted by Crippen LogP contribution is -2.17. The Hall–Kier alpha value is -3.46. The molecule has 0 saturated heterocycles. The molecule has 154 valence electrons. The van der Waals surface area contributed by atoms with Crippen LogP contribution in [-0.4, -0.2) is 28.7 Å². The number of nitrogens with zero attached hydrogens (tertiary/aromatic N) is 3. The maximum Gasteiger partial charge on any atom is 0.273 e. The van der Waals surface area contributed by atoms with Crippen molar-refractivity contribution < 1.29 is 14.5 Å². The molecule has 0 spiro atoms. The second-order valence-electron chi connectivity index (χ2n) is 6.48. The number of benzene rings is 2. The van der Waals surface area contributed by atoms with Gasteiger partial charge in [0.1, 0.15) is 5.75 Å². The number of non-ortho nitro benzene ring substituents is 1. The van der Waals surface area contributed by atoms with Gasteiger partial charge in [0.2, 0.25) is 0 Å². The topological polar surface area (TPSA) is 98.8 Å². The number of rotatable bonds is 6. The maximum atomic E-state index is 12.2. The van der Waals surface area contributed by atoms with E-state index in [2.05, 4.69) is 26.5 Å². The van der Waals surface area contributed by atoms with Crippen LogP contribution in [0, 0.1) is 24.0 Å². The van der Waals surface area contributed by atoms with E-state index in [4.69, 9.17) is 4.74 Å². The third-order valence-corrected chi connectivity index (χ3v) is 5.09. The number of halogens is 1. The number of nitrogens with one attached hydrogen (secondary N) is 1. The normalized spacial score (nSPS) is 10.9. The average molecular weight is 471 g/mol. The molecule has 0 fully saturated rings. The number of carbonyl (C=O) groups is 1. The number of nitro benzene ring substituents is 1. The highest BCUT2D eigenvalue weighted by Gasteiger charge is 2.17. The molecule has 8 nitrogen and oxygen atoms in total. The Labute approximate surface area is 181 Å². The zero-order valence-corrected chi connectivity index (χ0v) is 18.1. The van der Waals surface area contributed by atoms with Gasteiger partial charge in [0.15, 0.2) is 0 Å². The lowest BCUT2D eigenvalue weighted by Gasteiger charge is -2.13. The van der Waals surface area contributed by atoms with Crippen molar-refractivity contribution in [3.05, 3.63) is 85.6 Å². The summed E-state index contributed by atoms with van der Waals surface area (Å²) >= 11 is 3.33. The summed E-state index contributed by atoms with van der Waals surface area (Å²) in [5, 5.41) is 15.1. The number of aryl methyl sites for hydroxylation is 1. The number of carbonyl (C=O) groups excluding carboxylic acids is 1. The summed E-state index contributed by atoms with van der Waals surface area (Å²) < 4.78 is 8.16. The summed E-state index contributed by atoms with van der Waals surface area (Å²) in [5.41, 5.74) is 6.17. The van der Waals surface area contributed by atoms with E-state index in [0.717, 1.165) is 21.4 Å². The molecule has 1 N–H and O–H groups in total. The first-order chi connectivity index (χ1) is 14.3. The molecule has 9 heteroatoms. The first-order valence-corrected chi connectivity index (χ1v) is 9.72. The van der Waals surface area contributed by atoms with E-state index in [1.54, 1.807) is 36.5 Å². The Morgan fingerprint density at radius 2 is 1.90 bits per heavy atom. The van der Waals surface area contributed by atoms with Crippen LogP contribution in [0.5, 0.6) is 5.75 Å². The molecule has 0 unspecified atom stereocenters. The van der Waals surface area contributed by atoms with Crippen LogP contribution in [0.3, 0.4) is 0 Å². The van der Waals surface area contributed by atoms with Gasteiger partial charge >= 0.3 is 0 Å². The summed E-state index contributed by atoms with van der Waals surface area (Å²) in [6.45, 7) is 3.80. The predicted octanol–water partition coefficient (Wildman–Crippen LogP) is 4.54. The first-order valence-electron chi connectivity index (χ1n) is 8.92. The molecule has 1 aromatic heterocycles. The second kappa shape index (κ2) is 8.91. The minimum Gasteiger partial charge on any atom is -0.494 e. The summed E-state index contributed by atoms with van der Waals surface area (Å²) in [6.07, 6.45) is 1.56. The van der Waals surface area contributed by atoms with Gasteiger partial charge in [0.05, 0.1) is 30.0 Å². The Balaban J connectivity index is 1.85. The smallest absolute Gasteiger partial charge is 0.273 e. The van der Waals surface area contributed by atoms with Gasteiger partial charge in [-0.1, -0.05) is 15.9 Å². The summed E-state index contributed by atoms with van der Waals surface area (Å²) in [7, 11) is 1.47. The van der Waals surface area contributed by atoms with Crippen LogP contribution in [0.4, 0.5) is 5.69 Å². The third-order valence-electron chi connectivity index (χ3n) is 4.56.